The van der Waals surface area contributed by atoms with E-state index in [1.807, 2.05) is 12.1 Å². The molecular weight excluding hydrogens is 436 g/mol. The SMILES string of the molecule is C=C(NOCc1ccc(C2CCCCC2)c(Cl)c1)c1ccc(CNCCC(=O)O)c(CC)c1. The molecule has 178 valence electrons. The van der Waals surface area contributed by atoms with E-state index in [2.05, 4.69) is 48.6 Å². The van der Waals surface area contributed by atoms with Gasteiger partial charge < -0.3 is 10.4 Å². The molecule has 1 saturated carbocycles. The van der Waals surface area contributed by atoms with E-state index in [0.717, 1.165) is 28.1 Å². The second-order valence-corrected chi connectivity index (χ2v) is 9.12. The van der Waals surface area contributed by atoms with Crippen LogP contribution in [0.25, 0.3) is 5.70 Å². The molecule has 1 fully saturated rings. The minimum Gasteiger partial charge on any atom is -0.481 e. The lowest BCUT2D eigenvalue weighted by atomic mass is 9.84. The largest absolute Gasteiger partial charge is 0.481 e. The molecule has 0 spiro atoms. The van der Waals surface area contributed by atoms with E-state index in [1.54, 1.807) is 0 Å². The summed E-state index contributed by atoms with van der Waals surface area (Å²) in [5.41, 5.74) is 9.27. The smallest absolute Gasteiger partial charge is 0.304 e. The van der Waals surface area contributed by atoms with Crippen LogP contribution in [0.2, 0.25) is 5.02 Å². The van der Waals surface area contributed by atoms with Crippen LogP contribution in [-0.4, -0.2) is 17.6 Å². The van der Waals surface area contributed by atoms with Crippen molar-refractivity contribution >= 4 is 23.3 Å². The molecule has 5 nitrogen and oxygen atoms in total. The maximum absolute atomic E-state index is 10.7. The number of benzene rings is 2. The van der Waals surface area contributed by atoms with E-state index in [-0.39, 0.29) is 6.42 Å². The molecule has 0 amide bonds. The van der Waals surface area contributed by atoms with Crippen LogP contribution in [0.1, 0.15) is 79.2 Å². The molecule has 2 aromatic rings. The average molecular weight is 471 g/mol. The number of carboxylic acid groups (broad SMARTS) is 1. The van der Waals surface area contributed by atoms with Gasteiger partial charge in [-0.25, -0.2) is 0 Å². The van der Waals surface area contributed by atoms with E-state index in [0.29, 0.717) is 31.3 Å². The fourth-order valence-electron chi connectivity index (χ4n) is 4.40. The van der Waals surface area contributed by atoms with Crippen molar-refractivity contribution in [1.29, 1.82) is 0 Å². The number of carbonyl (C=O) groups is 1. The van der Waals surface area contributed by atoms with Gasteiger partial charge in [0.05, 0.1) is 18.7 Å². The van der Waals surface area contributed by atoms with Gasteiger partial charge in [0.25, 0.3) is 0 Å². The molecule has 1 aliphatic carbocycles. The second kappa shape index (κ2) is 12.8. The van der Waals surface area contributed by atoms with E-state index >= 15 is 0 Å². The summed E-state index contributed by atoms with van der Waals surface area (Å²) < 4.78 is 0. The summed E-state index contributed by atoms with van der Waals surface area (Å²) in [6.45, 7) is 7.70. The van der Waals surface area contributed by atoms with Crippen LogP contribution in [-0.2, 0) is 29.2 Å². The Labute approximate surface area is 202 Å². The zero-order valence-corrected chi connectivity index (χ0v) is 20.2. The normalized spacial score (nSPS) is 14.2. The molecule has 0 bridgehead atoms. The average Bonchev–Trinajstić information content (AvgIpc) is 2.82. The summed E-state index contributed by atoms with van der Waals surface area (Å²) in [5.74, 6) is -0.208. The minimum atomic E-state index is -0.793. The van der Waals surface area contributed by atoms with E-state index in [9.17, 15) is 4.79 Å². The van der Waals surface area contributed by atoms with Gasteiger partial charge in [-0.3, -0.25) is 15.1 Å². The molecule has 6 heteroatoms. The minimum absolute atomic E-state index is 0.117. The van der Waals surface area contributed by atoms with Crippen molar-refractivity contribution in [3.05, 3.63) is 75.8 Å². The Morgan fingerprint density at radius 3 is 2.64 bits per heavy atom. The number of hydroxylamine groups is 1. The van der Waals surface area contributed by atoms with Gasteiger partial charge in [-0.15, -0.1) is 0 Å². The molecule has 3 N–H and O–H groups in total. The number of carboxylic acids is 1. The van der Waals surface area contributed by atoms with Crippen LogP contribution >= 0.6 is 11.6 Å². The molecule has 0 radical (unpaired) electrons. The number of rotatable bonds is 12. The summed E-state index contributed by atoms with van der Waals surface area (Å²) in [7, 11) is 0. The standard InChI is InChI=1S/C27H35ClN2O3/c1-3-21-16-23(10-11-24(21)17-29-14-13-27(31)32)19(2)30-33-18-20-9-12-25(26(28)15-20)22-7-5-4-6-8-22/h9-12,15-16,22,29-30H,2-8,13-14,17-18H2,1H3,(H,31,32). The molecule has 33 heavy (non-hydrogen) atoms. The third kappa shape index (κ3) is 7.60. The van der Waals surface area contributed by atoms with Gasteiger partial charge in [-0.2, -0.15) is 0 Å². The summed E-state index contributed by atoms with van der Waals surface area (Å²) in [6.07, 6.45) is 7.37. The Balaban J connectivity index is 1.50. The number of hydrogen-bond acceptors (Lipinski definition) is 4. The highest BCUT2D eigenvalue weighted by molar-refractivity contribution is 6.31. The lowest BCUT2D eigenvalue weighted by Gasteiger charge is -2.23. The molecule has 2 aromatic carbocycles. The fraction of sp³-hybridized carbons (Fsp3) is 0.444. The number of nitrogens with one attached hydrogen (secondary N) is 2. The summed E-state index contributed by atoms with van der Waals surface area (Å²) in [6, 6.07) is 12.4. The van der Waals surface area contributed by atoms with E-state index in [4.69, 9.17) is 21.5 Å². The lowest BCUT2D eigenvalue weighted by molar-refractivity contribution is -0.136. The molecule has 0 aromatic heterocycles. The van der Waals surface area contributed by atoms with Gasteiger partial charge in [0.15, 0.2) is 0 Å². The highest BCUT2D eigenvalue weighted by atomic mass is 35.5. The van der Waals surface area contributed by atoms with Gasteiger partial charge in [0.1, 0.15) is 0 Å². The number of aliphatic carboxylic acids is 1. The maximum atomic E-state index is 10.7. The molecule has 0 unspecified atom stereocenters. The first-order chi connectivity index (χ1) is 16.0. The topological polar surface area (TPSA) is 70.6 Å². The fourth-order valence-corrected chi connectivity index (χ4v) is 4.76. The molecule has 0 saturated heterocycles. The van der Waals surface area contributed by atoms with Gasteiger partial charge in [0.2, 0.25) is 0 Å². The maximum Gasteiger partial charge on any atom is 0.304 e. The number of aryl methyl sites for hydroxylation is 1. The second-order valence-electron chi connectivity index (χ2n) is 8.72. The van der Waals surface area contributed by atoms with Crippen LogP contribution in [0.4, 0.5) is 0 Å². The third-order valence-electron chi connectivity index (χ3n) is 6.31. The van der Waals surface area contributed by atoms with Crippen molar-refractivity contribution in [1.82, 2.24) is 10.8 Å². The molecule has 0 heterocycles. The lowest BCUT2D eigenvalue weighted by Crippen LogP contribution is -2.18. The Hall–Kier alpha value is -2.34. The number of halogens is 1. The Kier molecular flexibility index (Phi) is 9.79. The molecule has 1 aliphatic rings. The molecular formula is C27H35ClN2O3. The summed E-state index contributed by atoms with van der Waals surface area (Å²) >= 11 is 6.58. The van der Waals surface area contributed by atoms with Crippen LogP contribution in [0.5, 0.6) is 0 Å². The van der Waals surface area contributed by atoms with Crippen LogP contribution in [0.15, 0.2) is 43.0 Å². The highest BCUT2D eigenvalue weighted by Gasteiger charge is 2.18. The molecule has 3 rings (SSSR count). The molecule has 0 aliphatic heterocycles. The zero-order chi connectivity index (χ0) is 23.6. The monoisotopic (exact) mass is 470 g/mol. The van der Waals surface area contributed by atoms with E-state index < -0.39 is 5.97 Å². The number of hydrogen-bond donors (Lipinski definition) is 3. The van der Waals surface area contributed by atoms with Crippen LogP contribution in [0, 0.1) is 0 Å². The first-order valence-corrected chi connectivity index (χ1v) is 12.3. The van der Waals surface area contributed by atoms with Gasteiger partial charge in [-0.05, 0) is 65.1 Å². The van der Waals surface area contributed by atoms with Crippen molar-refractivity contribution in [2.24, 2.45) is 0 Å². The van der Waals surface area contributed by atoms with Gasteiger partial charge in [-0.1, -0.05) is 68.6 Å². The van der Waals surface area contributed by atoms with Gasteiger partial charge >= 0.3 is 5.97 Å². The van der Waals surface area contributed by atoms with E-state index in [1.165, 1.54) is 43.2 Å². The zero-order valence-electron chi connectivity index (χ0n) is 19.5. The van der Waals surface area contributed by atoms with Crippen LogP contribution in [0.3, 0.4) is 0 Å². The van der Waals surface area contributed by atoms with Crippen molar-refractivity contribution in [3.63, 3.8) is 0 Å². The van der Waals surface area contributed by atoms with Crippen molar-refractivity contribution < 1.29 is 14.7 Å². The van der Waals surface area contributed by atoms with Crippen molar-refractivity contribution in [3.8, 4) is 0 Å². The predicted molar refractivity (Wildman–Crippen MR) is 134 cm³/mol. The Bertz CT molecular complexity index is 954. The Morgan fingerprint density at radius 1 is 1.15 bits per heavy atom. The molecule has 0 atom stereocenters. The van der Waals surface area contributed by atoms with Crippen molar-refractivity contribution in [2.45, 2.75) is 70.9 Å². The van der Waals surface area contributed by atoms with Crippen molar-refractivity contribution in [2.75, 3.05) is 6.54 Å². The Morgan fingerprint density at radius 2 is 1.94 bits per heavy atom. The van der Waals surface area contributed by atoms with Gasteiger partial charge in [0, 0.05) is 18.1 Å². The third-order valence-corrected chi connectivity index (χ3v) is 6.64. The highest BCUT2D eigenvalue weighted by Crippen LogP contribution is 2.36. The first-order valence-electron chi connectivity index (χ1n) is 11.9. The predicted octanol–water partition coefficient (Wildman–Crippen LogP) is 6.21. The first kappa shape index (κ1) is 25.3. The quantitative estimate of drug-likeness (QED) is 0.254. The summed E-state index contributed by atoms with van der Waals surface area (Å²) in [4.78, 5) is 16.4. The summed E-state index contributed by atoms with van der Waals surface area (Å²) in [5, 5.41) is 12.8. The van der Waals surface area contributed by atoms with Crippen LogP contribution < -0.4 is 10.8 Å².